The van der Waals surface area contributed by atoms with Crippen molar-refractivity contribution in [2.75, 3.05) is 12.8 Å². The van der Waals surface area contributed by atoms with Crippen LogP contribution in [0.1, 0.15) is 10.7 Å². The first-order valence-electron chi connectivity index (χ1n) is 6.14. The molecular formula is C14H17BrN2S2. The van der Waals surface area contributed by atoms with Crippen LogP contribution in [0.15, 0.2) is 39.0 Å². The summed E-state index contributed by atoms with van der Waals surface area (Å²) in [5, 5.41) is 6.68. The molecule has 0 amide bonds. The Balaban J connectivity index is 1.91. The average molecular weight is 357 g/mol. The molecule has 0 fully saturated rings. The second-order valence-corrected chi connectivity index (χ2v) is 7.27. The number of nitrogens with zero attached hydrogens (tertiary/aromatic N) is 1. The molecule has 1 aromatic carbocycles. The highest BCUT2D eigenvalue weighted by atomic mass is 79.9. The number of nitrogens with one attached hydrogen (secondary N) is 1. The Kier molecular flexibility index (Phi) is 5.88. The highest BCUT2D eigenvalue weighted by Crippen LogP contribution is 2.27. The molecule has 19 heavy (non-hydrogen) atoms. The van der Waals surface area contributed by atoms with Gasteiger partial charge in [0.2, 0.25) is 0 Å². The number of rotatable bonds is 6. The maximum absolute atomic E-state index is 4.53. The summed E-state index contributed by atoms with van der Waals surface area (Å²) in [7, 11) is 2.02. The fraction of sp³-hybridized carbons (Fsp3) is 0.357. The van der Waals surface area contributed by atoms with E-state index >= 15 is 0 Å². The van der Waals surface area contributed by atoms with Gasteiger partial charge in [-0.05, 0) is 42.0 Å². The molecule has 0 aliphatic carbocycles. The van der Waals surface area contributed by atoms with Crippen LogP contribution in [-0.4, -0.2) is 23.8 Å². The SMILES string of the molecule is CNC(CSc1ccccc1Br)Cc1csc(C)n1. The third-order valence-electron chi connectivity index (χ3n) is 2.81. The summed E-state index contributed by atoms with van der Waals surface area (Å²) >= 11 is 7.18. The van der Waals surface area contributed by atoms with E-state index in [1.807, 2.05) is 24.9 Å². The van der Waals surface area contributed by atoms with Gasteiger partial charge in [-0.3, -0.25) is 0 Å². The van der Waals surface area contributed by atoms with E-state index in [2.05, 4.69) is 56.7 Å². The van der Waals surface area contributed by atoms with E-state index in [0.717, 1.165) is 17.2 Å². The normalized spacial score (nSPS) is 12.6. The Morgan fingerprint density at radius 2 is 2.21 bits per heavy atom. The van der Waals surface area contributed by atoms with Gasteiger partial charge in [0, 0.05) is 33.0 Å². The van der Waals surface area contributed by atoms with Gasteiger partial charge in [0.1, 0.15) is 0 Å². The van der Waals surface area contributed by atoms with Crippen molar-refractivity contribution in [3.05, 3.63) is 44.8 Å². The molecule has 1 unspecified atom stereocenters. The minimum Gasteiger partial charge on any atom is -0.316 e. The summed E-state index contributed by atoms with van der Waals surface area (Å²) in [4.78, 5) is 5.82. The number of halogens is 1. The molecule has 5 heteroatoms. The summed E-state index contributed by atoms with van der Waals surface area (Å²) in [6, 6.07) is 8.79. The van der Waals surface area contributed by atoms with Gasteiger partial charge in [-0.2, -0.15) is 0 Å². The van der Waals surface area contributed by atoms with Gasteiger partial charge in [-0.15, -0.1) is 23.1 Å². The number of hydrogen-bond donors (Lipinski definition) is 1. The number of hydrogen-bond acceptors (Lipinski definition) is 4. The number of aryl methyl sites for hydroxylation is 1. The highest BCUT2D eigenvalue weighted by Gasteiger charge is 2.11. The van der Waals surface area contributed by atoms with E-state index in [0.29, 0.717) is 6.04 Å². The zero-order chi connectivity index (χ0) is 13.7. The number of thioether (sulfide) groups is 1. The first kappa shape index (κ1) is 15.0. The van der Waals surface area contributed by atoms with Crippen LogP contribution in [-0.2, 0) is 6.42 Å². The van der Waals surface area contributed by atoms with Crippen LogP contribution >= 0.6 is 39.0 Å². The van der Waals surface area contributed by atoms with Crippen molar-refractivity contribution in [3.8, 4) is 0 Å². The minimum absolute atomic E-state index is 0.443. The number of benzene rings is 1. The number of thiazole rings is 1. The molecule has 1 atom stereocenters. The second kappa shape index (κ2) is 7.43. The monoisotopic (exact) mass is 356 g/mol. The van der Waals surface area contributed by atoms with Crippen molar-refractivity contribution in [2.24, 2.45) is 0 Å². The lowest BCUT2D eigenvalue weighted by Crippen LogP contribution is -2.30. The summed E-state index contributed by atoms with van der Waals surface area (Å²) in [6.45, 7) is 2.05. The topological polar surface area (TPSA) is 24.9 Å². The van der Waals surface area contributed by atoms with Crippen molar-refractivity contribution in [3.63, 3.8) is 0 Å². The van der Waals surface area contributed by atoms with Crippen molar-refractivity contribution in [1.82, 2.24) is 10.3 Å². The van der Waals surface area contributed by atoms with Gasteiger partial charge >= 0.3 is 0 Å². The summed E-state index contributed by atoms with van der Waals surface area (Å²) in [6.07, 6.45) is 0.984. The van der Waals surface area contributed by atoms with Crippen LogP contribution in [0, 0.1) is 6.92 Å². The van der Waals surface area contributed by atoms with E-state index in [-0.39, 0.29) is 0 Å². The van der Waals surface area contributed by atoms with Crippen LogP contribution in [0.2, 0.25) is 0 Å². The smallest absolute Gasteiger partial charge is 0.0897 e. The van der Waals surface area contributed by atoms with Crippen LogP contribution in [0.25, 0.3) is 0 Å². The van der Waals surface area contributed by atoms with Crippen LogP contribution in [0.4, 0.5) is 0 Å². The van der Waals surface area contributed by atoms with Crippen molar-refractivity contribution >= 4 is 39.0 Å². The predicted molar refractivity (Wildman–Crippen MR) is 88.3 cm³/mol. The predicted octanol–water partition coefficient (Wildman–Crippen LogP) is 4.14. The molecule has 2 nitrogen and oxygen atoms in total. The molecule has 1 N–H and O–H groups in total. The molecule has 0 aliphatic heterocycles. The molecule has 1 heterocycles. The Labute approximate surface area is 131 Å². The molecule has 0 aliphatic rings. The Morgan fingerprint density at radius 1 is 1.42 bits per heavy atom. The van der Waals surface area contributed by atoms with Crippen molar-refractivity contribution in [1.29, 1.82) is 0 Å². The molecule has 1 aromatic heterocycles. The summed E-state index contributed by atoms with van der Waals surface area (Å²) in [5.74, 6) is 1.04. The molecule has 2 aromatic rings. The lowest BCUT2D eigenvalue weighted by atomic mass is 10.2. The Hall–Kier alpha value is -0.360. The fourth-order valence-corrected chi connectivity index (χ4v) is 4.05. The maximum Gasteiger partial charge on any atom is 0.0897 e. The van der Waals surface area contributed by atoms with Gasteiger partial charge < -0.3 is 5.32 Å². The highest BCUT2D eigenvalue weighted by molar-refractivity contribution is 9.10. The Morgan fingerprint density at radius 3 is 2.84 bits per heavy atom. The van der Waals surface area contributed by atoms with Gasteiger partial charge in [0.05, 0.1) is 10.7 Å². The van der Waals surface area contributed by atoms with Crippen LogP contribution in [0.3, 0.4) is 0 Å². The minimum atomic E-state index is 0.443. The van der Waals surface area contributed by atoms with Gasteiger partial charge in [0.15, 0.2) is 0 Å². The van der Waals surface area contributed by atoms with E-state index in [1.165, 1.54) is 15.1 Å². The van der Waals surface area contributed by atoms with E-state index in [4.69, 9.17) is 0 Å². The van der Waals surface area contributed by atoms with Crippen molar-refractivity contribution in [2.45, 2.75) is 24.3 Å². The summed E-state index contributed by atoms with van der Waals surface area (Å²) in [5.41, 5.74) is 1.19. The van der Waals surface area contributed by atoms with Crippen LogP contribution < -0.4 is 5.32 Å². The molecule has 0 saturated carbocycles. The fourth-order valence-electron chi connectivity index (χ4n) is 1.75. The standard InChI is InChI=1S/C14H17BrN2S2/c1-10-17-12(9-18-10)7-11(16-2)8-19-14-6-4-3-5-13(14)15/h3-6,9,11,16H,7-8H2,1-2H3. The number of aromatic nitrogens is 1. The van der Waals surface area contributed by atoms with Gasteiger partial charge in [0.25, 0.3) is 0 Å². The first-order chi connectivity index (χ1) is 9.19. The Bertz CT molecular complexity index is 528. The second-order valence-electron chi connectivity index (χ2n) is 4.29. The zero-order valence-electron chi connectivity index (χ0n) is 11.0. The third kappa shape index (κ3) is 4.60. The van der Waals surface area contributed by atoms with Crippen molar-refractivity contribution < 1.29 is 0 Å². The molecule has 2 rings (SSSR count). The average Bonchev–Trinajstić information content (AvgIpc) is 2.81. The lowest BCUT2D eigenvalue weighted by Gasteiger charge is -2.15. The molecule has 0 spiro atoms. The number of likely N-dealkylation sites (N-methyl/N-ethyl adjacent to an activating group) is 1. The van der Waals surface area contributed by atoms with Gasteiger partial charge in [-0.25, -0.2) is 4.98 Å². The molecule has 102 valence electrons. The summed E-state index contributed by atoms with van der Waals surface area (Å²) < 4.78 is 1.17. The molecular weight excluding hydrogens is 340 g/mol. The van der Waals surface area contributed by atoms with E-state index in [9.17, 15) is 0 Å². The third-order valence-corrected chi connectivity index (χ3v) is 5.82. The molecule has 0 bridgehead atoms. The van der Waals surface area contributed by atoms with E-state index < -0.39 is 0 Å². The van der Waals surface area contributed by atoms with Gasteiger partial charge in [-0.1, -0.05) is 12.1 Å². The van der Waals surface area contributed by atoms with Crippen LogP contribution in [0.5, 0.6) is 0 Å². The quantitative estimate of drug-likeness (QED) is 0.787. The lowest BCUT2D eigenvalue weighted by molar-refractivity contribution is 0.610. The first-order valence-corrected chi connectivity index (χ1v) is 8.80. The van der Waals surface area contributed by atoms with E-state index in [1.54, 1.807) is 11.3 Å². The zero-order valence-corrected chi connectivity index (χ0v) is 14.2. The largest absolute Gasteiger partial charge is 0.316 e. The molecule has 0 saturated heterocycles. The maximum atomic E-state index is 4.53. The molecule has 0 radical (unpaired) electrons.